The molecule has 0 bridgehead atoms. The number of rotatable bonds is 6. The van der Waals surface area contributed by atoms with Crippen molar-refractivity contribution in [1.29, 1.82) is 0 Å². The monoisotopic (exact) mass is 327 g/mol. The standard InChI is InChI=1S/C14H18ClN3O2S/c1-3-10-18-13(16-17-14(18)21(15,19)20)9-8-12-7-5-4-6-11(12)2/h4-7H,3,8-10H2,1-2H3. The summed E-state index contributed by atoms with van der Waals surface area (Å²) >= 11 is 0. The van der Waals surface area contributed by atoms with E-state index in [9.17, 15) is 8.42 Å². The average molecular weight is 328 g/mol. The quantitative estimate of drug-likeness (QED) is 0.765. The molecule has 7 heteroatoms. The summed E-state index contributed by atoms with van der Waals surface area (Å²) in [5.41, 5.74) is 2.43. The van der Waals surface area contributed by atoms with E-state index in [-0.39, 0.29) is 5.16 Å². The van der Waals surface area contributed by atoms with Crippen molar-refractivity contribution in [2.75, 3.05) is 0 Å². The van der Waals surface area contributed by atoms with Gasteiger partial charge in [-0.1, -0.05) is 31.2 Å². The molecule has 1 aromatic heterocycles. The van der Waals surface area contributed by atoms with Crippen LogP contribution in [0.25, 0.3) is 0 Å². The summed E-state index contributed by atoms with van der Waals surface area (Å²) in [5.74, 6) is 0.652. The number of aromatic nitrogens is 3. The van der Waals surface area contributed by atoms with Gasteiger partial charge in [0.05, 0.1) is 0 Å². The highest BCUT2D eigenvalue weighted by Gasteiger charge is 2.21. The molecule has 0 aliphatic heterocycles. The average Bonchev–Trinajstić information content (AvgIpc) is 2.81. The maximum atomic E-state index is 11.5. The molecule has 1 heterocycles. The molecule has 21 heavy (non-hydrogen) atoms. The van der Waals surface area contributed by atoms with Gasteiger partial charge in [-0.05, 0) is 30.9 Å². The lowest BCUT2D eigenvalue weighted by Crippen LogP contribution is -2.10. The van der Waals surface area contributed by atoms with Gasteiger partial charge in [0.2, 0.25) is 0 Å². The lowest BCUT2D eigenvalue weighted by Gasteiger charge is -2.08. The Hall–Kier alpha value is -1.40. The third-order valence-corrected chi connectivity index (χ3v) is 4.49. The third kappa shape index (κ3) is 3.83. The van der Waals surface area contributed by atoms with Crippen LogP contribution in [0.1, 0.15) is 30.3 Å². The fraction of sp³-hybridized carbons (Fsp3) is 0.429. The third-order valence-electron chi connectivity index (χ3n) is 3.34. The van der Waals surface area contributed by atoms with E-state index in [1.807, 2.05) is 19.1 Å². The zero-order valence-corrected chi connectivity index (χ0v) is 13.7. The number of hydrogen-bond acceptors (Lipinski definition) is 4. The SMILES string of the molecule is CCCn1c(CCc2ccccc2C)nnc1S(=O)(=O)Cl. The van der Waals surface area contributed by atoms with Crippen LogP contribution in [-0.2, 0) is 28.4 Å². The van der Waals surface area contributed by atoms with Crippen LogP contribution < -0.4 is 0 Å². The van der Waals surface area contributed by atoms with Gasteiger partial charge in [0.1, 0.15) is 5.82 Å². The summed E-state index contributed by atoms with van der Waals surface area (Å²) in [6.07, 6.45) is 2.20. The van der Waals surface area contributed by atoms with Gasteiger partial charge in [0, 0.05) is 23.6 Å². The maximum Gasteiger partial charge on any atom is 0.296 e. The summed E-state index contributed by atoms with van der Waals surface area (Å²) in [7, 11) is 1.54. The molecule has 0 saturated heterocycles. The maximum absolute atomic E-state index is 11.5. The molecule has 2 aromatic rings. The second kappa shape index (κ2) is 6.58. The van der Waals surface area contributed by atoms with Crippen LogP contribution in [0, 0.1) is 6.92 Å². The molecule has 0 fully saturated rings. The number of nitrogens with zero attached hydrogens (tertiary/aromatic N) is 3. The highest BCUT2D eigenvalue weighted by Crippen LogP contribution is 2.17. The fourth-order valence-electron chi connectivity index (χ4n) is 2.27. The number of halogens is 1. The van der Waals surface area contributed by atoms with E-state index >= 15 is 0 Å². The van der Waals surface area contributed by atoms with Crippen LogP contribution in [-0.4, -0.2) is 23.2 Å². The summed E-state index contributed by atoms with van der Waals surface area (Å²) in [5, 5.41) is 7.57. The zero-order valence-electron chi connectivity index (χ0n) is 12.1. The molecule has 0 unspecified atom stereocenters. The summed E-state index contributed by atoms with van der Waals surface area (Å²) in [4.78, 5) is 0. The predicted octanol–water partition coefficient (Wildman–Crippen LogP) is 2.71. The highest BCUT2D eigenvalue weighted by atomic mass is 35.7. The normalized spacial score (nSPS) is 11.8. The van der Waals surface area contributed by atoms with Gasteiger partial charge in [0.15, 0.2) is 0 Å². The number of aryl methyl sites for hydroxylation is 3. The van der Waals surface area contributed by atoms with Crippen LogP contribution in [0.4, 0.5) is 0 Å². The van der Waals surface area contributed by atoms with E-state index in [1.54, 1.807) is 4.57 Å². The van der Waals surface area contributed by atoms with Gasteiger partial charge in [-0.2, -0.15) is 0 Å². The lowest BCUT2D eigenvalue weighted by molar-refractivity contribution is 0.554. The smallest absolute Gasteiger partial charge is 0.296 e. The summed E-state index contributed by atoms with van der Waals surface area (Å²) in [6.45, 7) is 4.56. The Morgan fingerprint density at radius 3 is 2.52 bits per heavy atom. The van der Waals surface area contributed by atoms with E-state index < -0.39 is 9.05 Å². The van der Waals surface area contributed by atoms with Crippen molar-refractivity contribution in [3.63, 3.8) is 0 Å². The topological polar surface area (TPSA) is 64.8 Å². The van der Waals surface area contributed by atoms with E-state index in [1.165, 1.54) is 11.1 Å². The predicted molar refractivity (Wildman–Crippen MR) is 81.9 cm³/mol. The van der Waals surface area contributed by atoms with Crippen molar-refractivity contribution in [1.82, 2.24) is 14.8 Å². The first kappa shape index (κ1) is 16.0. The van der Waals surface area contributed by atoms with Crippen LogP contribution in [0.5, 0.6) is 0 Å². The zero-order chi connectivity index (χ0) is 15.5. The molecule has 0 saturated carbocycles. The number of benzene rings is 1. The van der Waals surface area contributed by atoms with Crippen molar-refractivity contribution in [2.45, 2.75) is 44.8 Å². The van der Waals surface area contributed by atoms with Crippen LogP contribution in [0.3, 0.4) is 0 Å². The minimum Gasteiger partial charge on any atom is -0.301 e. The Morgan fingerprint density at radius 2 is 1.90 bits per heavy atom. The Morgan fingerprint density at radius 1 is 1.19 bits per heavy atom. The van der Waals surface area contributed by atoms with Gasteiger partial charge in [-0.15, -0.1) is 10.2 Å². The Labute approximate surface area is 129 Å². The Kier molecular flexibility index (Phi) is 5.00. The molecule has 0 N–H and O–H groups in total. The van der Waals surface area contributed by atoms with Crippen molar-refractivity contribution in [3.05, 3.63) is 41.2 Å². The number of hydrogen-bond donors (Lipinski definition) is 0. The first-order chi connectivity index (χ1) is 9.93. The van der Waals surface area contributed by atoms with Gasteiger partial charge in [-0.25, -0.2) is 8.42 Å². The lowest BCUT2D eigenvalue weighted by atomic mass is 10.0. The van der Waals surface area contributed by atoms with E-state index in [0.29, 0.717) is 18.8 Å². The first-order valence-electron chi connectivity index (χ1n) is 6.84. The van der Waals surface area contributed by atoms with Crippen molar-refractivity contribution < 1.29 is 8.42 Å². The molecular formula is C14H18ClN3O2S. The van der Waals surface area contributed by atoms with Gasteiger partial charge in [0.25, 0.3) is 14.2 Å². The van der Waals surface area contributed by atoms with Crippen molar-refractivity contribution >= 4 is 19.7 Å². The minimum absolute atomic E-state index is 0.161. The molecular weight excluding hydrogens is 310 g/mol. The van der Waals surface area contributed by atoms with Crippen LogP contribution >= 0.6 is 10.7 Å². The molecule has 0 aliphatic carbocycles. The molecule has 0 amide bonds. The van der Waals surface area contributed by atoms with Crippen molar-refractivity contribution in [2.24, 2.45) is 0 Å². The molecule has 0 spiro atoms. The molecule has 0 atom stereocenters. The van der Waals surface area contributed by atoms with Gasteiger partial charge in [-0.3, -0.25) is 0 Å². The molecule has 5 nitrogen and oxygen atoms in total. The molecule has 0 aliphatic rings. The molecule has 1 aromatic carbocycles. The van der Waals surface area contributed by atoms with Gasteiger partial charge >= 0.3 is 0 Å². The van der Waals surface area contributed by atoms with Gasteiger partial charge < -0.3 is 4.57 Å². The van der Waals surface area contributed by atoms with E-state index in [2.05, 4.69) is 29.3 Å². The fourth-order valence-corrected chi connectivity index (χ4v) is 3.21. The van der Waals surface area contributed by atoms with E-state index in [0.717, 1.165) is 12.8 Å². The van der Waals surface area contributed by atoms with E-state index in [4.69, 9.17) is 10.7 Å². The second-order valence-electron chi connectivity index (χ2n) is 4.91. The minimum atomic E-state index is -3.86. The summed E-state index contributed by atoms with van der Waals surface area (Å²) < 4.78 is 24.6. The largest absolute Gasteiger partial charge is 0.301 e. The molecule has 114 valence electrons. The van der Waals surface area contributed by atoms with Crippen LogP contribution in [0.2, 0.25) is 0 Å². The molecule has 0 radical (unpaired) electrons. The summed E-state index contributed by atoms with van der Waals surface area (Å²) in [6, 6.07) is 8.11. The molecule has 2 rings (SSSR count). The van der Waals surface area contributed by atoms with Crippen molar-refractivity contribution in [3.8, 4) is 0 Å². The highest BCUT2D eigenvalue weighted by molar-refractivity contribution is 8.13. The Balaban J connectivity index is 2.25. The first-order valence-corrected chi connectivity index (χ1v) is 9.15. The second-order valence-corrected chi connectivity index (χ2v) is 7.37. The van der Waals surface area contributed by atoms with Crippen LogP contribution in [0.15, 0.2) is 29.4 Å². The Bertz CT molecular complexity index is 726.